The summed E-state index contributed by atoms with van der Waals surface area (Å²) in [5.41, 5.74) is 2.29. The van der Waals surface area contributed by atoms with Gasteiger partial charge in [-0.1, -0.05) is 15.9 Å². The SMILES string of the molecule is Brc1ccc2occ(CCN3CCNCC3)c2c1. The molecule has 0 saturated carbocycles. The molecule has 0 atom stereocenters. The second-order valence-electron chi connectivity index (χ2n) is 4.74. The molecule has 96 valence electrons. The Morgan fingerprint density at radius 2 is 2.11 bits per heavy atom. The van der Waals surface area contributed by atoms with Crippen LogP contribution in [0, 0.1) is 0 Å². The lowest BCUT2D eigenvalue weighted by Crippen LogP contribution is -2.44. The molecule has 2 heterocycles. The first kappa shape index (κ1) is 12.2. The standard InChI is InChI=1S/C14H17BrN2O/c15-12-1-2-14-13(9-12)11(10-18-14)3-6-17-7-4-16-5-8-17/h1-2,9-10,16H,3-8H2. The molecule has 1 aliphatic rings. The Morgan fingerprint density at radius 1 is 1.28 bits per heavy atom. The fourth-order valence-corrected chi connectivity index (χ4v) is 2.82. The summed E-state index contributed by atoms with van der Waals surface area (Å²) in [6.45, 7) is 5.64. The topological polar surface area (TPSA) is 28.4 Å². The van der Waals surface area contributed by atoms with Gasteiger partial charge in [0.1, 0.15) is 5.58 Å². The summed E-state index contributed by atoms with van der Waals surface area (Å²) < 4.78 is 6.70. The van der Waals surface area contributed by atoms with Gasteiger partial charge < -0.3 is 14.6 Å². The van der Waals surface area contributed by atoms with E-state index in [1.165, 1.54) is 10.9 Å². The first-order valence-corrected chi connectivity index (χ1v) is 7.21. The lowest BCUT2D eigenvalue weighted by molar-refractivity contribution is 0.244. The minimum absolute atomic E-state index is 0.980. The molecular formula is C14H17BrN2O. The van der Waals surface area contributed by atoms with E-state index in [0.717, 1.165) is 49.2 Å². The van der Waals surface area contributed by atoms with Gasteiger partial charge in [0.05, 0.1) is 6.26 Å². The van der Waals surface area contributed by atoms with Crippen LogP contribution in [0.5, 0.6) is 0 Å². The van der Waals surface area contributed by atoms with Crippen molar-refractivity contribution in [2.75, 3.05) is 32.7 Å². The van der Waals surface area contributed by atoms with E-state index in [1.807, 2.05) is 18.4 Å². The van der Waals surface area contributed by atoms with Crippen molar-refractivity contribution in [2.45, 2.75) is 6.42 Å². The maximum atomic E-state index is 5.59. The largest absolute Gasteiger partial charge is 0.464 e. The molecule has 0 amide bonds. The minimum atomic E-state index is 0.980. The number of rotatable bonds is 3. The fourth-order valence-electron chi connectivity index (χ4n) is 2.46. The first-order chi connectivity index (χ1) is 8.83. The van der Waals surface area contributed by atoms with Crippen molar-refractivity contribution in [3.05, 3.63) is 34.5 Å². The van der Waals surface area contributed by atoms with Crippen LogP contribution in [-0.4, -0.2) is 37.6 Å². The molecule has 1 N–H and O–H groups in total. The van der Waals surface area contributed by atoms with E-state index in [1.54, 1.807) is 0 Å². The molecule has 1 aliphatic heterocycles. The zero-order valence-corrected chi connectivity index (χ0v) is 11.9. The molecule has 1 fully saturated rings. The molecular weight excluding hydrogens is 292 g/mol. The Balaban J connectivity index is 1.72. The highest BCUT2D eigenvalue weighted by Crippen LogP contribution is 2.25. The highest BCUT2D eigenvalue weighted by atomic mass is 79.9. The van der Waals surface area contributed by atoms with E-state index in [4.69, 9.17) is 4.42 Å². The second kappa shape index (κ2) is 5.43. The van der Waals surface area contributed by atoms with Gasteiger partial charge in [-0.2, -0.15) is 0 Å². The smallest absolute Gasteiger partial charge is 0.134 e. The number of fused-ring (bicyclic) bond motifs is 1. The highest BCUT2D eigenvalue weighted by Gasteiger charge is 2.11. The summed E-state index contributed by atoms with van der Waals surface area (Å²) >= 11 is 3.52. The molecule has 3 nitrogen and oxygen atoms in total. The predicted octanol–water partition coefficient (Wildman–Crippen LogP) is 2.64. The average molecular weight is 309 g/mol. The molecule has 0 aliphatic carbocycles. The Morgan fingerprint density at radius 3 is 2.94 bits per heavy atom. The van der Waals surface area contributed by atoms with Gasteiger partial charge in [-0.05, 0) is 30.2 Å². The quantitative estimate of drug-likeness (QED) is 0.945. The van der Waals surface area contributed by atoms with Gasteiger partial charge in [-0.3, -0.25) is 0 Å². The maximum Gasteiger partial charge on any atom is 0.134 e. The monoisotopic (exact) mass is 308 g/mol. The minimum Gasteiger partial charge on any atom is -0.464 e. The molecule has 0 radical (unpaired) electrons. The number of furan rings is 1. The molecule has 3 rings (SSSR count). The lowest BCUT2D eigenvalue weighted by atomic mass is 10.1. The molecule has 1 aromatic carbocycles. The van der Waals surface area contributed by atoms with Crippen molar-refractivity contribution in [3.8, 4) is 0 Å². The van der Waals surface area contributed by atoms with E-state index < -0.39 is 0 Å². The third kappa shape index (κ3) is 2.60. The van der Waals surface area contributed by atoms with Crippen LogP contribution in [0.4, 0.5) is 0 Å². The van der Waals surface area contributed by atoms with Crippen molar-refractivity contribution < 1.29 is 4.42 Å². The maximum absolute atomic E-state index is 5.59. The zero-order chi connectivity index (χ0) is 12.4. The predicted molar refractivity (Wildman–Crippen MR) is 76.9 cm³/mol. The van der Waals surface area contributed by atoms with E-state index >= 15 is 0 Å². The number of halogens is 1. The molecule has 0 spiro atoms. The third-order valence-electron chi connectivity index (χ3n) is 3.52. The van der Waals surface area contributed by atoms with Gasteiger partial charge >= 0.3 is 0 Å². The number of nitrogens with one attached hydrogen (secondary N) is 1. The molecule has 18 heavy (non-hydrogen) atoms. The number of piperazine rings is 1. The Kier molecular flexibility index (Phi) is 3.68. The third-order valence-corrected chi connectivity index (χ3v) is 4.02. The van der Waals surface area contributed by atoms with E-state index in [9.17, 15) is 0 Å². The first-order valence-electron chi connectivity index (χ1n) is 6.41. The van der Waals surface area contributed by atoms with E-state index in [-0.39, 0.29) is 0 Å². The van der Waals surface area contributed by atoms with Crippen LogP contribution in [0.3, 0.4) is 0 Å². The summed E-state index contributed by atoms with van der Waals surface area (Å²) in [4.78, 5) is 2.51. The summed E-state index contributed by atoms with van der Waals surface area (Å²) in [6.07, 6.45) is 2.96. The van der Waals surface area contributed by atoms with Crippen LogP contribution in [0.1, 0.15) is 5.56 Å². The van der Waals surface area contributed by atoms with Crippen molar-refractivity contribution >= 4 is 26.9 Å². The number of benzene rings is 1. The molecule has 2 aromatic rings. The summed E-state index contributed by atoms with van der Waals surface area (Å²) in [7, 11) is 0. The molecule has 1 saturated heterocycles. The van der Waals surface area contributed by atoms with Crippen LogP contribution in [0.2, 0.25) is 0 Å². The normalized spacial score (nSPS) is 17.4. The molecule has 0 unspecified atom stereocenters. The van der Waals surface area contributed by atoms with Crippen LogP contribution < -0.4 is 5.32 Å². The van der Waals surface area contributed by atoms with Crippen molar-refractivity contribution in [3.63, 3.8) is 0 Å². The van der Waals surface area contributed by atoms with Gasteiger partial charge in [0, 0.05) is 42.6 Å². The van der Waals surface area contributed by atoms with Crippen molar-refractivity contribution in [1.29, 1.82) is 0 Å². The van der Waals surface area contributed by atoms with Crippen molar-refractivity contribution in [2.24, 2.45) is 0 Å². The van der Waals surface area contributed by atoms with Crippen LogP contribution in [0.15, 0.2) is 33.4 Å². The molecule has 0 bridgehead atoms. The molecule has 1 aromatic heterocycles. The van der Waals surface area contributed by atoms with E-state index in [0.29, 0.717) is 0 Å². The zero-order valence-electron chi connectivity index (χ0n) is 10.3. The Labute approximate surface area is 115 Å². The average Bonchev–Trinajstić information content (AvgIpc) is 2.80. The van der Waals surface area contributed by atoms with E-state index in [2.05, 4.69) is 32.2 Å². The fraction of sp³-hybridized carbons (Fsp3) is 0.429. The molecule has 4 heteroatoms. The number of hydrogen-bond acceptors (Lipinski definition) is 3. The van der Waals surface area contributed by atoms with Crippen molar-refractivity contribution in [1.82, 2.24) is 10.2 Å². The number of nitrogens with zero attached hydrogens (tertiary/aromatic N) is 1. The summed E-state index contributed by atoms with van der Waals surface area (Å²) in [5, 5.41) is 4.61. The number of hydrogen-bond donors (Lipinski definition) is 1. The highest BCUT2D eigenvalue weighted by molar-refractivity contribution is 9.10. The summed E-state index contributed by atoms with van der Waals surface area (Å²) in [5.74, 6) is 0. The Bertz CT molecular complexity index is 532. The Hall–Kier alpha value is -0.840. The summed E-state index contributed by atoms with van der Waals surface area (Å²) in [6, 6.07) is 6.19. The van der Waals surface area contributed by atoms with Gasteiger partial charge in [-0.25, -0.2) is 0 Å². The van der Waals surface area contributed by atoms with Gasteiger partial charge in [0.15, 0.2) is 0 Å². The lowest BCUT2D eigenvalue weighted by Gasteiger charge is -2.26. The van der Waals surface area contributed by atoms with Gasteiger partial charge in [0.2, 0.25) is 0 Å². The second-order valence-corrected chi connectivity index (χ2v) is 5.66. The van der Waals surface area contributed by atoms with Gasteiger partial charge in [-0.15, -0.1) is 0 Å². The van der Waals surface area contributed by atoms with Crippen LogP contribution >= 0.6 is 15.9 Å². The van der Waals surface area contributed by atoms with Crippen LogP contribution in [-0.2, 0) is 6.42 Å². The van der Waals surface area contributed by atoms with Gasteiger partial charge in [0.25, 0.3) is 0 Å². The van der Waals surface area contributed by atoms with Crippen LogP contribution in [0.25, 0.3) is 11.0 Å².